The Kier molecular flexibility index (Phi) is 5.94. The van der Waals surface area contributed by atoms with E-state index in [2.05, 4.69) is 32.6 Å². The molecule has 1 aliphatic rings. The molecule has 1 saturated carbocycles. The van der Waals surface area contributed by atoms with Crippen LogP contribution in [0.4, 0.5) is 0 Å². The number of nitrogens with zero attached hydrogens (tertiary/aromatic N) is 1. The molecule has 2 heteroatoms. The zero-order valence-corrected chi connectivity index (χ0v) is 12.5. The summed E-state index contributed by atoms with van der Waals surface area (Å²) in [4.78, 5) is 2.69. The molecule has 0 aromatic heterocycles. The molecule has 0 amide bonds. The van der Waals surface area contributed by atoms with Crippen LogP contribution in [-0.2, 0) is 4.74 Å². The van der Waals surface area contributed by atoms with Crippen molar-refractivity contribution < 1.29 is 4.74 Å². The zero-order valence-electron chi connectivity index (χ0n) is 12.5. The average Bonchev–Trinajstić information content (AvgIpc) is 2.30. The van der Waals surface area contributed by atoms with E-state index in [1.165, 1.54) is 38.6 Å². The van der Waals surface area contributed by atoms with Crippen molar-refractivity contribution in [1.82, 2.24) is 4.90 Å². The molecule has 0 aliphatic heterocycles. The van der Waals surface area contributed by atoms with Crippen LogP contribution in [0.5, 0.6) is 0 Å². The smallest absolute Gasteiger partial charge is 0.0634 e. The molecule has 0 atom stereocenters. The lowest BCUT2D eigenvalue weighted by molar-refractivity contribution is -0.00218. The second kappa shape index (κ2) is 6.75. The van der Waals surface area contributed by atoms with Crippen molar-refractivity contribution in [2.75, 3.05) is 13.7 Å². The fraction of sp³-hybridized carbons (Fsp3) is 1.00. The fourth-order valence-electron chi connectivity index (χ4n) is 2.78. The molecule has 1 rings (SSSR count). The van der Waals surface area contributed by atoms with Crippen LogP contribution in [0, 0.1) is 0 Å². The van der Waals surface area contributed by atoms with Gasteiger partial charge in [0.2, 0.25) is 0 Å². The monoisotopic (exact) mass is 241 g/mol. The third kappa shape index (κ3) is 4.97. The lowest BCUT2D eigenvalue weighted by atomic mass is 9.92. The van der Waals surface area contributed by atoms with Gasteiger partial charge in [0.1, 0.15) is 0 Å². The van der Waals surface area contributed by atoms with Crippen molar-refractivity contribution in [3.05, 3.63) is 0 Å². The predicted molar refractivity (Wildman–Crippen MR) is 74.4 cm³/mol. The van der Waals surface area contributed by atoms with Gasteiger partial charge in [-0.3, -0.25) is 4.90 Å². The second-order valence-corrected chi connectivity index (χ2v) is 6.34. The van der Waals surface area contributed by atoms with Crippen LogP contribution < -0.4 is 0 Å². The van der Waals surface area contributed by atoms with E-state index in [9.17, 15) is 0 Å². The van der Waals surface area contributed by atoms with Crippen LogP contribution in [0.2, 0.25) is 0 Å². The molecule has 0 heterocycles. The Bertz CT molecular complexity index is 207. The van der Waals surface area contributed by atoms with Crippen LogP contribution in [0.25, 0.3) is 0 Å². The highest BCUT2D eigenvalue weighted by molar-refractivity contribution is 4.80. The normalized spacial score (nSPS) is 19.2. The summed E-state index contributed by atoms with van der Waals surface area (Å²) < 4.78 is 5.53. The first-order valence-electron chi connectivity index (χ1n) is 7.27. The van der Waals surface area contributed by atoms with E-state index in [0.717, 1.165) is 12.5 Å². The van der Waals surface area contributed by atoms with Crippen molar-refractivity contribution in [3.63, 3.8) is 0 Å². The summed E-state index contributed by atoms with van der Waals surface area (Å²) in [6.07, 6.45) is 8.18. The quantitative estimate of drug-likeness (QED) is 0.700. The van der Waals surface area contributed by atoms with E-state index < -0.39 is 0 Å². The van der Waals surface area contributed by atoms with E-state index in [0.29, 0.717) is 6.04 Å². The Morgan fingerprint density at radius 3 is 2.24 bits per heavy atom. The highest BCUT2D eigenvalue weighted by atomic mass is 16.5. The topological polar surface area (TPSA) is 12.5 Å². The summed E-state index contributed by atoms with van der Waals surface area (Å²) in [6.45, 7) is 10.2. The molecule has 0 spiro atoms. The largest absolute Gasteiger partial charge is 0.379 e. The lowest BCUT2D eigenvalue weighted by Gasteiger charge is -2.39. The Balaban J connectivity index is 2.48. The van der Waals surface area contributed by atoms with E-state index in [-0.39, 0.29) is 5.60 Å². The Labute approximate surface area is 108 Å². The van der Waals surface area contributed by atoms with Gasteiger partial charge in [-0.2, -0.15) is 0 Å². The number of ether oxygens (including phenoxy) is 1. The van der Waals surface area contributed by atoms with Crippen LogP contribution in [-0.4, -0.2) is 36.2 Å². The summed E-state index contributed by atoms with van der Waals surface area (Å²) in [7, 11) is 1.82. The minimum Gasteiger partial charge on any atom is -0.379 e. The van der Waals surface area contributed by atoms with Gasteiger partial charge < -0.3 is 4.74 Å². The molecule has 0 bridgehead atoms. The minimum atomic E-state index is 0.0157. The summed E-state index contributed by atoms with van der Waals surface area (Å²) in [5.41, 5.74) is 0.0157. The molecule has 2 nitrogen and oxygen atoms in total. The Morgan fingerprint density at radius 1 is 1.18 bits per heavy atom. The predicted octanol–water partition coefficient (Wildman–Crippen LogP) is 3.84. The van der Waals surface area contributed by atoms with Gasteiger partial charge in [-0.25, -0.2) is 0 Å². The van der Waals surface area contributed by atoms with Gasteiger partial charge >= 0.3 is 0 Å². The van der Waals surface area contributed by atoms with E-state index in [1.807, 2.05) is 7.11 Å². The first-order chi connectivity index (χ1) is 7.96. The van der Waals surface area contributed by atoms with Gasteiger partial charge in [-0.1, -0.05) is 19.3 Å². The summed E-state index contributed by atoms with van der Waals surface area (Å²) in [5, 5.41) is 0. The van der Waals surface area contributed by atoms with Gasteiger partial charge in [0.15, 0.2) is 0 Å². The van der Waals surface area contributed by atoms with Crippen LogP contribution in [0.1, 0.15) is 66.2 Å². The maximum absolute atomic E-state index is 5.53. The van der Waals surface area contributed by atoms with Crippen molar-refractivity contribution >= 4 is 0 Å². The van der Waals surface area contributed by atoms with Gasteiger partial charge in [-0.15, -0.1) is 0 Å². The Morgan fingerprint density at radius 2 is 1.76 bits per heavy atom. The first-order valence-corrected chi connectivity index (χ1v) is 7.27. The van der Waals surface area contributed by atoms with Crippen LogP contribution in [0.3, 0.4) is 0 Å². The average molecular weight is 241 g/mol. The molecule has 0 saturated heterocycles. The van der Waals surface area contributed by atoms with Crippen molar-refractivity contribution in [3.8, 4) is 0 Å². The van der Waals surface area contributed by atoms with Gasteiger partial charge in [-0.05, 0) is 47.0 Å². The minimum absolute atomic E-state index is 0.0157. The summed E-state index contributed by atoms with van der Waals surface area (Å²) >= 11 is 0. The van der Waals surface area contributed by atoms with Gasteiger partial charge in [0.25, 0.3) is 0 Å². The number of methoxy groups -OCH3 is 1. The molecular weight excluding hydrogens is 210 g/mol. The third-order valence-electron chi connectivity index (χ3n) is 4.23. The number of hydrogen-bond donors (Lipinski definition) is 0. The van der Waals surface area contributed by atoms with Gasteiger partial charge in [0.05, 0.1) is 5.60 Å². The molecule has 0 aromatic rings. The molecule has 0 N–H and O–H groups in total. The molecule has 1 aliphatic carbocycles. The SMILES string of the molecule is COC(C)(C)CCN(C(C)C)C1CCCCC1. The van der Waals surface area contributed by atoms with Crippen molar-refractivity contribution in [1.29, 1.82) is 0 Å². The molecular formula is C15H31NO. The van der Waals surface area contributed by atoms with E-state index in [1.54, 1.807) is 0 Å². The maximum Gasteiger partial charge on any atom is 0.0634 e. The maximum atomic E-state index is 5.53. The summed E-state index contributed by atoms with van der Waals surface area (Å²) in [6, 6.07) is 1.47. The highest BCUT2D eigenvalue weighted by Crippen LogP contribution is 2.25. The highest BCUT2D eigenvalue weighted by Gasteiger charge is 2.25. The fourth-order valence-corrected chi connectivity index (χ4v) is 2.78. The second-order valence-electron chi connectivity index (χ2n) is 6.34. The third-order valence-corrected chi connectivity index (χ3v) is 4.23. The standard InChI is InChI=1S/C15H31NO/c1-13(2)16(12-11-15(3,4)17-5)14-9-7-6-8-10-14/h13-14H,6-12H2,1-5H3. The molecule has 0 aromatic carbocycles. The van der Waals surface area contributed by atoms with Crippen molar-refractivity contribution in [2.45, 2.75) is 83.9 Å². The molecule has 102 valence electrons. The molecule has 0 unspecified atom stereocenters. The van der Waals surface area contributed by atoms with E-state index >= 15 is 0 Å². The number of hydrogen-bond acceptors (Lipinski definition) is 2. The lowest BCUT2D eigenvalue weighted by Crippen LogP contribution is -2.44. The van der Waals surface area contributed by atoms with Crippen LogP contribution in [0.15, 0.2) is 0 Å². The first kappa shape index (κ1) is 15.0. The zero-order chi connectivity index (χ0) is 12.9. The van der Waals surface area contributed by atoms with Crippen LogP contribution >= 0.6 is 0 Å². The summed E-state index contributed by atoms with van der Waals surface area (Å²) in [5.74, 6) is 0. The number of rotatable bonds is 6. The van der Waals surface area contributed by atoms with Gasteiger partial charge in [0, 0.05) is 25.7 Å². The Hall–Kier alpha value is -0.0800. The molecule has 0 radical (unpaired) electrons. The van der Waals surface area contributed by atoms with Crippen molar-refractivity contribution in [2.24, 2.45) is 0 Å². The van der Waals surface area contributed by atoms with E-state index in [4.69, 9.17) is 4.74 Å². The molecule has 1 fully saturated rings. The molecule has 17 heavy (non-hydrogen) atoms.